The lowest BCUT2D eigenvalue weighted by molar-refractivity contribution is -0.142. The van der Waals surface area contributed by atoms with Crippen LogP contribution in [-0.4, -0.2) is 36.1 Å². The van der Waals surface area contributed by atoms with E-state index in [2.05, 4.69) is 0 Å². The Morgan fingerprint density at radius 2 is 1.93 bits per heavy atom. The molecule has 3 nitrogen and oxygen atoms in total. The van der Waals surface area contributed by atoms with E-state index in [1.165, 1.54) is 12.1 Å². The molecule has 4 heteroatoms. The summed E-state index contributed by atoms with van der Waals surface area (Å²) in [6, 6.07) is 5.31. The average Bonchev–Trinajstić information content (AvgIpc) is 2.15. The molecule has 0 aliphatic rings. The van der Waals surface area contributed by atoms with Gasteiger partial charge in [0.25, 0.3) is 0 Å². The Morgan fingerprint density at radius 1 is 1.40 bits per heavy atom. The van der Waals surface area contributed by atoms with Crippen LogP contribution in [0.15, 0.2) is 24.3 Å². The van der Waals surface area contributed by atoms with Crippen LogP contribution < -0.4 is 0 Å². The zero-order valence-electron chi connectivity index (χ0n) is 8.77. The third-order valence-electron chi connectivity index (χ3n) is 2.25. The van der Waals surface area contributed by atoms with E-state index in [1.54, 1.807) is 31.1 Å². The van der Waals surface area contributed by atoms with Gasteiger partial charge >= 0.3 is 5.97 Å². The Kier molecular flexibility index (Phi) is 3.80. The Balaban J connectivity index is 2.74. The van der Waals surface area contributed by atoms with Crippen LogP contribution >= 0.6 is 0 Å². The van der Waals surface area contributed by atoms with Crippen molar-refractivity contribution >= 4 is 5.97 Å². The van der Waals surface area contributed by atoms with E-state index in [4.69, 9.17) is 5.11 Å². The van der Waals surface area contributed by atoms with Gasteiger partial charge < -0.3 is 5.11 Å². The fraction of sp³-hybridized carbons (Fsp3) is 0.364. The summed E-state index contributed by atoms with van der Waals surface area (Å²) in [5, 5.41) is 8.94. The highest BCUT2D eigenvalue weighted by atomic mass is 19.1. The SMILES string of the molecule is CN(C)[C@@H](Cc1ccc(F)cc1)C(=O)O. The summed E-state index contributed by atoms with van der Waals surface area (Å²) >= 11 is 0. The molecule has 0 aliphatic carbocycles. The van der Waals surface area contributed by atoms with Gasteiger partial charge in [0.15, 0.2) is 0 Å². The molecule has 1 N–H and O–H groups in total. The van der Waals surface area contributed by atoms with Gasteiger partial charge in [0, 0.05) is 0 Å². The van der Waals surface area contributed by atoms with Crippen LogP contribution in [0.4, 0.5) is 4.39 Å². The Morgan fingerprint density at radius 3 is 2.33 bits per heavy atom. The van der Waals surface area contributed by atoms with Crippen LogP contribution in [0.1, 0.15) is 5.56 Å². The maximum Gasteiger partial charge on any atom is 0.321 e. The van der Waals surface area contributed by atoms with Crippen molar-refractivity contribution in [2.75, 3.05) is 14.1 Å². The first-order valence-electron chi connectivity index (χ1n) is 4.64. The molecule has 0 bridgehead atoms. The average molecular weight is 211 g/mol. The molecule has 1 atom stereocenters. The molecular formula is C11H14FNO2. The van der Waals surface area contributed by atoms with Gasteiger partial charge in [0.05, 0.1) is 0 Å². The number of carbonyl (C=O) groups is 1. The Hall–Kier alpha value is -1.42. The van der Waals surface area contributed by atoms with E-state index in [0.717, 1.165) is 5.56 Å². The summed E-state index contributed by atoms with van der Waals surface area (Å²) in [5.74, 6) is -1.18. The second-order valence-electron chi connectivity index (χ2n) is 3.65. The first kappa shape index (κ1) is 11.7. The molecule has 1 aromatic carbocycles. The lowest BCUT2D eigenvalue weighted by atomic mass is 10.1. The van der Waals surface area contributed by atoms with Gasteiger partial charge in [0.1, 0.15) is 11.9 Å². The van der Waals surface area contributed by atoms with Crippen molar-refractivity contribution in [1.82, 2.24) is 4.90 Å². The summed E-state index contributed by atoms with van der Waals surface area (Å²) in [4.78, 5) is 12.5. The van der Waals surface area contributed by atoms with Crippen molar-refractivity contribution in [1.29, 1.82) is 0 Å². The predicted octanol–water partition coefficient (Wildman–Crippen LogP) is 1.38. The number of carboxylic acids is 1. The van der Waals surface area contributed by atoms with Gasteiger partial charge in [-0.2, -0.15) is 0 Å². The fourth-order valence-electron chi connectivity index (χ4n) is 1.33. The normalized spacial score (nSPS) is 12.8. The van der Waals surface area contributed by atoms with E-state index in [9.17, 15) is 9.18 Å². The third-order valence-corrected chi connectivity index (χ3v) is 2.25. The largest absolute Gasteiger partial charge is 0.480 e. The van der Waals surface area contributed by atoms with Crippen LogP contribution in [0.2, 0.25) is 0 Å². The van der Waals surface area contributed by atoms with Gasteiger partial charge in [0.2, 0.25) is 0 Å². The van der Waals surface area contributed by atoms with Crippen molar-refractivity contribution in [3.63, 3.8) is 0 Å². The highest BCUT2D eigenvalue weighted by Crippen LogP contribution is 2.08. The molecule has 1 aromatic rings. The molecule has 82 valence electrons. The second kappa shape index (κ2) is 4.89. The summed E-state index contributed by atoms with van der Waals surface area (Å²) < 4.78 is 12.6. The van der Waals surface area contributed by atoms with Crippen molar-refractivity contribution in [3.05, 3.63) is 35.6 Å². The lowest BCUT2D eigenvalue weighted by Gasteiger charge is -2.19. The first-order valence-corrected chi connectivity index (χ1v) is 4.64. The molecule has 0 unspecified atom stereocenters. The molecule has 0 radical (unpaired) electrons. The number of halogens is 1. The molecule has 1 rings (SSSR count). The van der Waals surface area contributed by atoms with Crippen molar-refractivity contribution < 1.29 is 14.3 Å². The summed E-state index contributed by atoms with van der Waals surface area (Å²) in [6.07, 6.45) is 0.378. The number of hydrogen-bond donors (Lipinski definition) is 1. The fourth-order valence-corrected chi connectivity index (χ4v) is 1.33. The van der Waals surface area contributed by atoms with Crippen molar-refractivity contribution in [2.24, 2.45) is 0 Å². The van der Waals surface area contributed by atoms with Crippen LogP contribution in [-0.2, 0) is 11.2 Å². The van der Waals surface area contributed by atoms with E-state index < -0.39 is 12.0 Å². The number of hydrogen-bond acceptors (Lipinski definition) is 2. The van der Waals surface area contributed by atoms with E-state index in [-0.39, 0.29) is 5.82 Å². The highest BCUT2D eigenvalue weighted by molar-refractivity contribution is 5.73. The smallest absolute Gasteiger partial charge is 0.321 e. The molecule has 0 heterocycles. The number of carboxylic acid groups (broad SMARTS) is 1. The van der Waals surface area contributed by atoms with Gasteiger partial charge in [-0.1, -0.05) is 12.1 Å². The molecule has 0 saturated carbocycles. The number of likely N-dealkylation sites (N-methyl/N-ethyl adjacent to an activating group) is 1. The molecule has 0 aromatic heterocycles. The van der Waals surface area contributed by atoms with E-state index in [0.29, 0.717) is 6.42 Å². The Labute approximate surface area is 88.1 Å². The number of aliphatic carboxylic acids is 1. The van der Waals surface area contributed by atoms with Crippen LogP contribution in [0.25, 0.3) is 0 Å². The quantitative estimate of drug-likeness (QED) is 0.818. The predicted molar refractivity (Wildman–Crippen MR) is 55.2 cm³/mol. The lowest BCUT2D eigenvalue weighted by Crippen LogP contribution is -2.37. The molecule has 0 saturated heterocycles. The minimum atomic E-state index is -0.871. The number of nitrogens with zero attached hydrogens (tertiary/aromatic N) is 1. The minimum absolute atomic E-state index is 0.310. The number of rotatable bonds is 4. The molecule has 0 aliphatic heterocycles. The van der Waals surface area contributed by atoms with Crippen LogP contribution in [0.5, 0.6) is 0 Å². The van der Waals surface area contributed by atoms with E-state index in [1.807, 2.05) is 0 Å². The summed E-state index contributed by atoms with van der Waals surface area (Å²) in [5.41, 5.74) is 0.817. The van der Waals surface area contributed by atoms with Gasteiger partial charge in [-0.05, 0) is 38.2 Å². The molecule has 0 amide bonds. The molecule has 15 heavy (non-hydrogen) atoms. The summed E-state index contributed by atoms with van der Waals surface area (Å²) in [7, 11) is 3.42. The van der Waals surface area contributed by atoms with Gasteiger partial charge in [-0.25, -0.2) is 4.39 Å². The first-order chi connectivity index (χ1) is 7.00. The zero-order chi connectivity index (χ0) is 11.4. The summed E-state index contributed by atoms with van der Waals surface area (Å²) in [6.45, 7) is 0. The third kappa shape index (κ3) is 3.32. The maximum atomic E-state index is 12.6. The number of benzene rings is 1. The van der Waals surface area contributed by atoms with Crippen molar-refractivity contribution in [2.45, 2.75) is 12.5 Å². The Bertz CT molecular complexity index is 335. The molecular weight excluding hydrogens is 197 g/mol. The highest BCUT2D eigenvalue weighted by Gasteiger charge is 2.19. The maximum absolute atomic E-state index is 12.6. The molecule has 0 spiro atoms. The molecule has 0 fully saturated rings. The monoisotopic (exact) mass is 211 g/mol. The van der Waals surface area contributed by atoms with Crippen LogP contribution in [0.3, 0.4) is 0 Å². The zero-order valence-corrected chi connectivity index (χ0v) is 8.77. The minimum Gasteiger partial charge on any atom is -0.480 e. The van der Waals surface area contributed by atoms with Gasteiger partial charge in [-0.15, -0.1) is 0 Å². The van der Waals surface area contributed by atoms with Crippen LogP contribution in [0, 0.1) is 5.82 Å². The topological polar surface area (TPSA) is 40.5 Å². The van der Waals surface area contributed by atoms with E-state index >= 15 is 0 Å². The standard InChI is InChI=1S/C11H14FNO2/c1-13(2)10(11(14)15)7-8-3-5-9(12)6-4-8/h3-6,10H,7H2,1-2H3,(H,14,15)/t10-/m0/s1. The second-order valence-corrected chi connectivity index (χ2v) is 3.65. The van der Waals surface area contributed by atoms with Gasteiger partial charge in [-0.3, -0.25) is 9.69 Å². The van der Waals surface area contributed by atoms with Crippen molar-refractivity contribution in [3.8, 4) is 0 Å².